The van der Waals surface area contributed by atoms with Gasteiger partial charge in [-0.1, -0.05) is 19.8 Å². The Morgan fingerprint density at radius 1 is 0.947 bits per heavy atom. The summed E-state index contributed by atoms with van der Waals surface area (Å²) >= 11 is 0. The molecule has 2 fully saturated rings. The molecule has 5 aromatic rings. The summed E-state index contributed by atoms with van der Waals surface area (Å²) in [5, 5.41) is 23.9. The zero-order valence-electron chi connectivity index (χ0n) is 42.5. The van der Waals surface area contributed by atoms with Gasteiger partial charge in [0.1, 0.15) is 23.7 Å². The third-order valence-corrected chi connectivity index (χ3v) is 14.6. The molecule has 1 atom stereocenters. The Hall–Kier alpha value is -7.74. The number of nitriles is 1. The van der Waals surface area contributed by atoms with Gasteiger partial charge in [-0.2, -0.15) is 18.4 Å². The number of aromatic nitrogens is 2. The SMILES string of the molecule is CC[C@@]1(O)C(=O)OCc2c1cc1n(c2=O)Cc2cc3c(CN(C)C)c(OC(=O)N4CCN(CCCCCCNC(=O)c5ccc(N6C(=O)N(c7ccc(C#N)c(C(F)(F)F)c7)C(=O)C6(C)C)cc5F)CC4)ccc3nc2-1. The van der Waals surface area contributed by atoms with E-state index in [0.717, 1.165) is 65.4 Å². The van der Waals surface area contributed by atoms with E-state index >= 15 is 4.39 Å². The number of cyclic esters (lactones) is 1. The number of nitrogens with one attached hydrogen (secondary N) is 1. The van der Waals surface area contributed by atoms with Crippen molar-refractivity contribution in [3.05, 3.63) is 116 Å². The van der Waals surface area contributed by atoms with Gasteiger partial charge < -0.3 is 34.3 Å². The number of halogens is 4. The average molecular weight is 1050 g/mol. The summed E-state index contributed by atoms with van der Waals surface area (Å²) in [6.07, 6.45) is -2.25. The Morgan fingerprint density at radius 3 is 2.36 bits per heavy atom. The highest BCUT2D eigenvalue weighted by atomic mass is 19.4. The van der Waals surface area contributed by atoms with Gasteiger partial charge in [-0.05, 0) is 114 Å². The molecule has 0 radical (unpaired) electrons. The van der Waals surface area contributed by atoms with Crippen molar-refractivity contribution in [3.8, 4) is 23.2 Å². The molecule has 398 valence electrons. The lowest BCUT2D eigenvalue weighted by Crippen LogP contribution is -2.49. The number of piperazine rings is 1. The van der Waals surface area contributed by atoms with Gasteiger partial charge in [0, 0.05) is 67.0 Å². The zero-order valence-corrected chi connectivity index (χ0v) is 42.5. The molecule has 4 aliphatic heterocycles. The number of hydrogen-bond acceptors (Lipinski definition) is 13. The van der Waals surface area contributed by atoms with Gasteiger partial charge in [-0.15, -0.1) is 0 Å². The number of esters is 1. The first-order valence-corrected chi connectivity index (χ1v) is 24.9. The van der Waals surface area contributed by atoms with Crippen LogP contribution in [-0.2, 0) is 45.8 Å². The number of urea groups is 1. The van der Waals surface area contributed by atoms with Crippen molar-refractivity contribution in [3.63, 3.8) is 0 Å². The zero-order chi connectivity index (χ0) is 54.6. The fourth-order valence-corrected chi connectivity index (χ4v) is 10.4. The Morgan fingerprint density at radius 2 is 1.67 bits per heavy atom. The topological polar surface area (TPSA) is 211 Å². The van der Waals surface area contributed by atoms with Crippen molar-refractivity contribution in [2.45, 2.75) is 89.9 Å². The Bertz CT molecular complexity index is 3330. The number of carbonyl (C=O) groups is 5. The number of alkyl halides is 3. The minimum absolute atomic E-state index is 0.0349. The van der Waals surface area contributed by atoms with E-state index < -0.39 is 69.9 Å². The number of nitrogens with zero attached hydrogens (tertiary/aromatic N) is 8. The fourth-order valence-electron chi connectivity index (χ4n) is 10.4. The number of aliphatic hydroxyl groups is 1. The van der Waals surface area contributed by atoms with Crippen molar-refractivity contribution < 1.29 is 56.1 Å². The van der Waals surface area contributed by atoms with Crippen LogP contribution in [0.1, 0.15) is 96.6 Å². The Kier molecular flexibility index (Phi) is 14.3. The summed E-state index contributed by atoms with van der Waals surface area (Å²) in [6.45, 7) is 8.07. The molecule has 0 unspecified atom stereocenters. The Balaban J connectivity index is 0.738. The van der Waals surface area contributed by atoms with E-state index in [1.165, 1.54) is 32.0 Å². The van der Waals surface area contributed by atoms with Crippen LogP contribution >= 0.6 is 0 Å². The lowest BCUT2D eigenvalue weighted by atomic mass is 9.86. The minimum atomic E-state index is -4.94. The second-order valence-corrected chi connectivity index (χ2v) is 20.1. The van der Waals surface area contributed by atoms with Crippen molar-refractivity contribution in [2.75, 3.05) is 63.2 Å². The predicted octanol–water partition coefficient (Wildman–Crippen LogP) is 7.03. The van der Waals surface area contributed by atoms with Crippen molar-refractivity contribution in [1.29, 1.82) is 5.26 Å². The third-order valence-electron chi connectivity index (χ3n) is 14.6. The smallest absolute Gasteiger partial charge is 0.417 e. The lowest BCUT2D eigenvalue weighted by molar-refractivity contribution is -0.172. The number of unbranched alkanes of at least 4 members (excludes halogenated alkanes) is 3. The molecule has 18 nitrogen and oxygen atoms in total. The molecule has 2 N–H and O–H groups in total. The van der Waals surface area contributed by atoms with Gasteiger partial charge in [-0.3, -0.25) is 24.2 Å². The van der Waals surface area contributed by atoms with Gasteiger partial charge in [0.05, 0.1) is 57.5 Å². The van der Waals surface area contributed by atoms with Gasteiger partial charge in [-0.25, -0.2) is 28.7 Å². The molecule has 9 rings (SSSR count). The highest BCUT2D eigenvalue weighted by Gasteiger charge is 2.53. The highest BCUT2D eigenvalue weighted by molar-refractivity contribution is 6.30. The molecule has 0 saturated carbocycles. The number of imide groups is 1. The maximum atomic E-state index is 15.5. The first-order valence-electron chi connectivity index (χ1n) is 24.9. The number of hydrogen-bond donors (Lipinski definition) is 2. The monoisotopic (exact) mass is 1050 g/mol. The normalized spacial score (nSPS) is 18.2. The third kappa shape index (κ3) is 9.62. The van der Waals surface area contributed by atoms with Crippen LogP contribution in [0.25, 0.3) is 22.3 Å². The molecule has 2 aromatic heterocycles. The molecule has 5 amide bonds. The second kappa shape index (κ2) is 20.4. The minimum Gasteiger partial charge on any atom is -0.458 e. The van der Waals surface area contributed by atoms with Gasteiger partial charge in [0.2, 0.25) is 0 Å². The number of ether oxygens (including phenoxy) is 2. The molecular formula is C54H55F4N9O9. The van der Waals surface area contributed by atoms with Crippen molar-refractivity contribution in [2.24, 2.45) is 0 Å². The largest absolute Gasteiger partial charge is 0.458 e. The number of pyridine rings is 2. The molecule has 0 aliphatic carbocycles. The van der Waals surface area contributed by atoms with Crippen LogP contribution in [0.15, 0.2) is 65.5 Å². The number of amides is 5. The van der Waals surface area contributed by atoms with E-state index in [2.05, 4.69) is 10.2 Å². The summed E-state index contributed by atoms with van der Waals surface area (Å²) in [6, 6.07) is 13.4. The summed E-state index contributed by atoms with van der Waals surface area (Å²) in [7, 11) is 3.81. The van der Waals surface area contributed by atoms with E-state index in [1.54, 1.807) is 34.6 Å². The average Bonchev–Trinajstić information content (AvgIpc) is 3.83. The van der Waals surface area contributed by atoms with Gasteiger partial charge in [0.25, 0.3) is 17.4 Å². The van der Waals surface area contributed by atoms with Crippen molar-refractivity contribution >= 4 is 52.2 Å². The summed E-state index contributed by atoms with van der Waals surface area (Å²) in [5.41, 5.74) is -3.08. The van der Waals surface area contributed by atoms with E-state index in [0.29, 0.717) is 72.8 Å². The van der Waals surface area contributed by atoms with Crippen LogP contribution < -0.4 is 25.4 Å². The van der Waals surface area contributed by atoms with E-state index in [1.807, 2.05) is 25.1 Å². The summed E-state index contributed by atoms with van der Waals surface area (Å²) in [4.78, 5) is 92.4. The quantitative estimate of drug-likeness (QED) is 0.0487. The lowest BCUT2D eigenvalue weighted by Gasteiger charge is -2.34. The maximum absolute atomic E-state index is 15.5. The summed E-state index contributed by atoms with van der Waals surface area (Å²) in [5.74, 6) is -2.94. The molecular weight excluding hydrogens is 995 g/mol. The molecule has 3 aromatic carbocycles. The van der Waals surface area contributed by atoms with Crippen molar-refractivity contribution in [1.82, 2.24) is 29.6 Å². The van der Waals surface area contributed by atoms with Crippen LogP contribution in [0.2, 0.25) is 0 Å². The first kappa shape index (κ1) is 53.1. The molecule has 6 heterocycles. The van der Waals surface area contributed by atoms with Crippen LogP contribution in [-0.4, -0.2) is 118 Å². The standard InChI is InChI=1S/C54H55F4N9O9/c1-6-53(74)40-26-43-45-32(28-65(43)47(69)38(40)30-75-49(53)71)23-36-37(29-62(4)5)44(16-15-42(36)61-45)76-51(73)64-21-19-63(20-22-64)18-10-8-7-9-17-60-46(68)35-14-13-34(25-41(35)55)67-50(72)66(48(70)52(67,2)3)33-12-11-31(27-59)39(24-33)54(56,57)58/h11-16,23-26,74H,6-10,17-22,28-30H2,1-5H3,(H,60,68)/t53-/m0/s1. The summed E-state index contributed by atoms with van der Waals surface area (Å²) < 4.78 is 69.5. The van der Waals surface area contributed by atoms with E-state index in [9.17, 15) is 52.3 Å². The number of benzene rings is 3. The van der Waals surface area contributed by atoms with E-state index in [-0.39, 0.29) is 54.1 Å². The highest BCUT2D eigenvalue weighted by Crippen LogP contribution is 2.42. The second-order valence-electron chi connectivity index (χ2n) is 20.1. The van der Waals surface area contributed by atoms with Crippen LogP contribution in [0.4, 0.5) is 38.5 Å². The van der Waals surface area contributed by atoms with Crippen LogP contribution in [0.3, 0.4) is 0 Å². The number of anilines is 2. The molecule has 0 bridgehead atoms. The van der Waals surface area contributed by atoms with Gasteiger partial charge >= 0.3 is 24.3 Å². The van der Waals surface area contributed by atoms with Crippen LogP contribution in [0, 0.1) is 17.1 Å². The number of rotatable bonds is 14. The van der Waals surface area contributed by atoms with Crippen LogP contribution in [0.5, 0.6) is 5.75 Å². The van der Waals surface area contributed by atoms with E-state index in [4.69, 9.17) is 14.5 Å². The molecule has 4 aliphatic rings. The van der Waals surface area contributed by atoms with Gasteiger partial charge in [0.15, 0.2) is 5.60 Å². The maximum Gasteiger partial charge on any atom is 0.417 e. The number of carbonyl (C=O) groups excluding carboxylic acids is 5. The molecule has 2 saturated heterocycles. The first-order chi connectivity index (χ1) is 36.1. The molecule has 22 heteroatoms. The molecule has 76 heavy (non-hydrogen) atoms. The Labute approximate surface area is 434 Å². The number of fused-ring (bicyclic) bond motifs is 5. The predicted molar refractivity (Wildman–Crippen MR) is 269 cm³/mol. The molecule has 0 spiro atoms. The fraction of sp³-hybridized carbons (Fsp3) is 0.407.